The SMILES string of the molecule is CC(=O)NC[C@H]1CCCN(Cc2ccc(C)c(Cl)c2Cl)C1. The number of benzene rings is 1. The van der Waals surface area contributed by atoms with E-state index in [1.807, 2.05) is 13.0 Å². The van der Waals surface area contributed by atoms with E-state index in [2.05, 4.69) is 16.3 Å². The molecular weight excluding hydrogens is 307 g/mol. The molecule has 0 spiro atoms. The highest BCUT2D eigenvalue weighted by Crippen LogP contribution is 2.30. The van der Waals surface area contributed by atoms with Gasteiger partial charge >= 0.3 is 0 Å². The van der Waals surface area contributed by atoms with Gasteiger partial charge in [-0.2, -0.15) is 0 Å². The van der Waals surface area contributed by atoms with Crippen LogP contribution in [0.5, 0.6) is 0 Å². The molecule has 5 heteroatoms. The molecule has 1 heterocycles. The molecular formula is C16H22Cl2N2O. The van der Waals surface area contributed by atoms with Gasteiger partial charge in [0.2, 0.25) is 5.91 Å². The predicted octanol–water partition coefficient (Wildman–Crippen LogP) is 3.65. The number of nitrogens with zero attached hydrogens (tertiary/aromatic N) is 1. The number of hydrogen-bond acceptors (Lipinski definition) is 2. The van der Waals surface area contributed by atoms with Gasteiger partial charge in [-0.15, -0.1) is 0 Å². The lowest BCUT2D eigenvalue weighted by Crippen LogP contribution is -2.40. The Hall–Kier alpha value is -0.770. The number of aryl methyl sites for hydroxylation is 1. The topological polar surface area (TPSA) is 32.3 Å². The lowest BCUT2D eigenvalue weighted by atomic mass is 9.97. The molecule has 1 aliphatic rings. The minimum absolute atomic E-state index is 0.0421. The monoisotopic (exact) mass is 328 g/mol. The van der Waals surface area contributed by atoms with Gasteiger partial charge in [0, 0.05) is 26.6 Å². The number of carbonyl (C=O) groups excluding carboxylic acids is 1. The van der Waals surface area contributed by atoms with E-state index < -0.39 is 0 Å². The second-order valence-electron chi connectivity index (χ2n) is 5.85. The molecule has 3 nitrogen and oxygen atoms in total. The van der Waals surface area contributed by atoms with Gasteiger partial charge in [0.15, 0.2) is 0 Å². The fraction of sp³-hybridized carbons (Fsp3) is 0.562. The summed E-state index contributed by atoms with van der Waals surface area (Å²) in [5, 5.41) is 4.24. The van der Waals surface area contributed by atoms with Crippen molar-refractivity contribution < 1.29 is 4.79 Å². The molecule has 1 aromatic rings. The zero-order chi connectivity index (χ0) is 15.4. The quantitative estimate of drug-likeness (QED) is 0.914. The van der Waals surface area contributed by atoms with E-state index in [0.717, 1.165) is 43.7 Å². The second-order valence-corrected chi connectivity index (χ2v) is 6.61. The molecule has 0 unspecified atom stereocenters. The standard InChI is InChI=1S/C16H22Cl2N2O/c1-11-5-6-14(16(18)15(11)17)10-20-7-3-4-13(9-20)8-19-12(2)21/h5-6,13H,3-4,7-10H2,1-2H3,(H,19,21)/t13-/m1/s1. The van der Waals surface area contributed by atoms with Gasteiger partial charge in [-0.1, -0.05) is 35.3 Å². The summed E-state index contributed by atoms with van der Waals surface area (Å²) < 4.78 is 0. The highest BCUT2D eigenvalue weighted by atomic mass is 35.5. The maximum absolute atomic E-state index is 11.0. The van der Waals surface area contributed by atoms with Crippen molar-refractivity contribution in [2.45, 2.75) is 33.2 Å². The Kier molecular flexibility index (Phi) is 5.91. The Morgan fingerprint density at radius 2 is 2.14 bits per heavy atom. The number of nitrogens with one attached hydrogen (secondary N) is 1. The average molecular weight is 329 g/mol. The molecule has 0 aliphatic carbocycles. The van der Waals surface area contributed by atoms with Crippen LogP contribution in [0.1, 0.15) is 30.9 Å². The smallest absolute Gasteiger partial charge is 0.216 e. The van der Waals surface area contributed by atoms with E-state index in [0.29, 0.717) is 16.0 Å². The van der Waals surface area contributed by atoms with Crippen LogP contribution in [-0.4, -0.2) is 30.4 Å². The average Bonchev–Trinajstić information content (AvgIpc) is 2.46. The van der Waals surface area contributed by atoms with E-state index in [-0.39, 0.29) is 5.91 Å². The fourth-order valence-corrected chi connectivity index (χ4v) is 3.25. The van der Waals surface area contributed by atoms with Gasteiger partial charge in [-0.25, -0.2) is 0 Å². The number of carbonyl (C=O) groups is 1. The molecule has 0 aromatic heterocycles. The zero-order valence-corrected chi connectivity index (χ0v) is 14.1. The van der Waals surface area contributed by atoms with Crippen molar-refractivity contribution in [2.24, 2.45) is 5.92 Å². The summed E-state index contributed by atoms with van der Waals surface area (Å²) >= 11 is 12.6. The maximum atomic E-state index is 11.0. The van der Waals surface area contributed by atoms with E-state index in [4.69, 9.17) is 23.2 Å². The molecule has 0 saturated carbocycles. The van der Waals surface area contributed by atoms with Crippen LogP contribution >= 0.6 is 23.2 Å². The van der Waals surface area contributed by atoms with Crippen LogP contribution in [0.25, 0.3) is 0 Å². The van der Waals surface area contributed by atoms with Crippen LogP contribution < -0.4 is 5.32 Å². The van der Waals surface area contributed by atoms with Crippen molar-refractivity contribution in [3.05, 3.63) is 33.3 Å². The Labute approximate surface area is 136 Å². The molecule has 2 rings (SSSR count). The lowest BCUT2D eigenvalue weighted by molar-refractivity contribution is -0.119. The summed E-state index contributed by atoms with van der Waals surface area (Å²) in [6.07, 6.45) is 2.32. The Morgan fingerprint density at radius 3 is 2.86 bits per heavy atom. The van der Waals surface area contributed by atoms with Crippen LogP contribution in [0.2, 0.25) is 10.0 Å². The van der Waals surface area contributed by atoms with Crippen LogP contribution in [0.3, 0.4) is 0 Å². The molecule has 1 aliphatic heterocycles. The first-order chi connectivity index (χ1) is 9.97. The number of piperidine rings is 1. The van der Waals surface area contributed by atoms with Crippen LogP contribution in [0, 0.1) is 12.8 Å². The third kappa shape index (κ3) is 4.60. The number of halogens is 2. The zero-order valence-electron chi connectivity index (χ0n) is 12.6. The Bertz CT molecular complexity index is 519. The van der Waals surface area contributed by atoms with Gasteiger partial charge in [0.1, 0.15) is 0 Å². The Balaban J connectivity index is 1.96. The molecule has 1 N–H and O–H groups in total. The van der Waals surface area contributed by atoms with E-state index in [1.165, 1.54) is 6.42 Å². The van der Waals surface area contributed by atoms with E-state index in [1.54, 1.807) is 6.92 Å². The largest absolute Gasteiger partial charge is 0.356 e. The number of likely N-dealkylation sites (tertiary alicyclic amines) is 1. The molecule has 1 saturated heterocycles. The highest BCUT2D eigenvalue weighted by molar-refractivity contribution is 6.42. The first-order valence-electron chi connectivity index (χ1n) is 7.37. The van der Waals surface area contributed by atoms with Crippen molar-refractivity contribution in [2.75, 3.05) is 19.6 Å². The lowest BCUT2D eigenvalue weighted by Gasteiger charge is -2.33. The minimum Gasteiger partial charge on any atom is -0.356 e. The van der Waals surface area contributed by atoms with Gasteiger partial charge in [0.25, 0.3) is 0 Å². The normalized spacial score (nSPS) is 19.5. The van der Waals surface area contributed by atoms with E-state index in [9.17, 15) is 4.79 Å². The van der Waals surface area contributed by atoms with Crippen molar-refractivity contribution in [3.63, 3.8) is 0 Å². The summed E-state index contributed by atoms with van der Waals surface area (Å²) in [5.74, 6) is 0.558. The van der Waals surface area contributed by atoms with Crippen molar-refractivity contribution >= 4 is 29.1 Å². The van der Waals surface area contributed by atoms with Crippen LogP contribution in [0.15, 0.2) is 12.1 Å². The van der Waals surface area contributed by atoms with Crippen LogP contribution in [-0.2, 0) is 11.3 Å². The summed E-state index contributed by atoms with van der Waals surface area (Å²) in [6, 6.07) is 4.07. The molecule has 21 heavy (non-hydrogen) atoms. The molecule has 1 amide bonds. The molecule has 1 atom stereocenters. The summed E-state index contributed by atoms with van der Waals surface area (Å²) in [6.45, 7) is 7.15. The Morgan fingerprint density at radius 1 is 1.38 bits per heavy atom. The van der Waals surface area contributed by atoms with E-state index >= 15 is 0 Å². The van der Waals surface area contributed by atoms with Crippen LogP contribution in [0.4, 0.5) is 0 Å². The van der Waals surface area contributed by atoms with Gasteiger partial charge in [-0.3, -0.25) is 9.69 Å². The molecule has 116 valence electrons. The third-order valence-corrected chi connectivity index (χ3v) is 5.01. The molecule has 1 fully saturated rings. The predicted molar refractivity (Wildman–Crippen MR) is 87.9 cm³/mol. The highest BCUT2D eigenvalue weighted by Gasteiger charge is 2.21. The summed E-state index contributed by atoms with van der Waals surface area (Å²) in [7, 11) is 0. The first-order valence-corrected chi connectivity index (χ1v) is 8.13. The minimum atomic E-state index is 0.0421. The van der Waals surface area contributed by atoms with Crippen molar-refractivity contribution in [1.29, 1.82) is 0 Å². The maximum Gasteiger partial charge on any atom is 0.216 e. The summed E-state index contributed by atoms with van der Waals surface area (Å²) in [5.41, 5.74) is 2.08. The molecule has 0 bridgehead atoms. The fourth-order valence-electron chi connectivity index (χ4n) is 2.80. The second kappa shape index (κ2) is 7.48. The number of amides is 1. The number of hydrogen-bond donors (Lipinski definition) is 1. The van der Waals surface area contributed by atoms with Gasteiger partial charge in [0.05, 0.1) is 10.0 Å². The van der Waals surface area contributed by atoms with Crippen molar-refractivity contribution in [3.8, 4) is 0 Å². The molecule has 1 aromatic carbocycles. The van der Waals surface area contributed by atoms with Crippen molar-refractivity contribution in [1.82, 2.24) is 10.2 Å². The van der Waals surface area contributed by atoms with Gasteiger partial charge in [-0.05, 0) is 43.4 Å². The van der Waals surface area contributed by atoms with Gasteiger partial charge < -0.3 is 5.32 Å². The molecule has 0 radical (unpaired) electrons. The summed E-state index contributed by atoms with van der Waals surface area (Å²) in [4.78, 5) is 13.4. The number of rotatable bonds is 4. The first kappa shape index (κ1) is 16.6. The third-order valence-electron chi connectivity index (χ3n) is 3.99.